The van der Waals surface area contributed by atoms with E-state index in [9.17, 15) is 0 Å². The number of ether oxygens (including phenoxy) is 4. The van der Waals surface area contributed by atoms with E-state index >= 15 is 0 Å². The van der Waals surface area contributed by atoms with Crippen LogP contribution in [-0.2, 0) is 4.74 Å². The molecule has 0 aliphatic carbocycles. The minimum Gasteiger partial charge on any atom is -0.496 e. The first-order chi connectivity index (χ1) is 51.1. The molecule has 6 fully saturated rings. The number of para-hydroxylation sites is 1. The second-order valence-electron chi connectivity index (χ2n) is 28.9. The zero-order valence-corrected chi connectivity index (χ0v) is 60.5. The summed E-state index contributed by atoms with van der Waals surface area (Å²) in [5, 5.41) is 17.2. The minimum atomic E-state index is 0.245. The molecule has 0 atom stereocenters. The van der Waals surface area contributed by atoms with Crippen molar-refractivity contribution in [3.05, 3.63) is 146 Å². The summed E-state index contributed by atoms with van der Waals surface area (Å²) < 4.78 is 27.9. The van der Waals surface area contributed by atoms with Crippen molar-refractivity contribution in [1.29, 1.82) is 0 Å². The number of pyridine rings is 3. The van der Waals surface area contributed by atoms with E-state index in [-0.39, 0.29) is 6.79 Å². The van der Waals surface area contributed by atoms with Crippen LogP contribution in [-0.4, -0.2) is 272 Å². The number of rotatable bonds is 12. The Balaban J connectivity index is 0.000000115. The number of hydrogen-bond donors (Lipinski definition) is 0. The van der Waals surface area contributed by atoms with Gasteiger partial charge in [-0.15, -0.1) is 0 Å². The van der Waals surface area contributed by atoms with Crippen LogP contribution in [0.15, 0.2) is 135 Å². The molecule has 0 bridgehead atoms. The maximum Gasteiger partial charge on any atom is 0.231 e. The van der Waals surface area contributed by atoms with Gasteiger partial charge in [-0.2, -0.15) is 15.3 Å². The molecule has 25 heteroatoms. The molecule has 7 aliphatic rings. The molecule has 9 aromatic heterocycles. The number of aromatic nitrogens is 12. The van der Waals surface area contributed by atoms with Crippen molar-refractivity contribution in [1.82, 2.24) is 88.1 Å². The Hall–Kier alpha value is -9.73. The lowest BCUT2D eigenvalue weighted by molar-refractivity contribution is 0.0331. The number of benzene rings is 3. The highest BCUT2D eigenvalue weighted by Crippen LogP contribution is 2.41. The van der Waals surface area contributed by atoms with Gasteiger partial charge in [0.2, 0.25) is 6.79 Å². The minimum absolute atomic E-state index is 0.245. The van der Waals surface area contributed by atoms with E-state index in [2.05, 4.69) is 143 Å². The third-order valence-corrected chi connectivity index (χ3v) is 22.6. The van der Waals surface area contributed by atoms with E-state index in [1.165, 1.54) is 78.0 Å². The van der Waals surface area contributed by atoms with Crippen molar-refractivity contribution < 1.29 is 18.9 Å². The molecule has 6 saturated heterocycles. The molecule has 0 radical (unpaired) electrons. The highest BCUT2D eigenvalue weighted by molar-refractivity contribution is 6.01. The lowest BCUT2D eigenvalue weighted by atomic mass is 10.0. The predicted molar refractivity (Wildman–Crippen MR) is 408 cm³/mol. The van der Waals surface area contributed by atoms with Gasteiger partial charge in [0.15, 0.2) is 28.4 Å². The van der Waals surface area contributed by atoms with Gasteiger partial charge in [0.05, 0.1) is 110 Å². The van der Waals surface area contributed by atoms with Gasteiger partial charge in [0, 0.05) is 200 Å². The van der Waals surface area contributed by atoms with E-state index in [0.717, 1.165) is 220 Å². The number of hydrogen-bond acceptors (Lipinski definition) is 22. The van der Waals surface area contributed by atoms with Crippen molar-refractivity contribution in [3.8, 4) is 50.6 Å². The number of piperazine rings is 3. The van der Waals surface area contributed by atoms with E-state index < -0.39 is 0 Å². The number of aryl methyl sites for hydroxylation is 2. The number of piperidine rings is 2. The van der Waals surface area contributed by atoms with Gasteiger partial charge in [-0.3, -0.25) is 34.6 Å². The van der Waals surface area contributed by atoms with Gasteiger partial charge < -0.3 is 43.4 Å². The largest absolute Gasteiger partial charge is 0.496 e. The molecule has 0 N–H and O–H groups in total. The summed E-state index contributed by atoms with van der Waals surface area (Å²) in [7, 11) is 6.14. The van der Waals surface area contributed by atoms with Crippen LogP contribution in [0.1, 0.15) is 36.9 Å². The number of methoxy groups -OCH3 is 1. The fraction of sp³-hybridized carbons (Fsp3) is 0.430. The fourth-order valence-electron chi connectivity index (χ4n) is 16.4. The van der Waals surface area contributed by atoms with Crippen LogP contribution in [0.25, 0.3) is 83.0 Å². The average Bonchev–Trinajstić information content (AvgIpc) is 1.56. The summed E-state index contributed by atoms with van der Waals surface area (Å²) in [6, 6.07) is 23.9. The SMILES string of the molecule is CN1CCN(C2CCN(c3cnc4c(-c5ccnc6cc7c(cc56)OCO7)cnn4c3)CC2)CC1.COc1cc2c(-c3cnn4cc(N5CCC(N6CCN(C)CC6)CC5)cnc34)ccnc2cc1C.Cc1cc(-c2cnn3cc(N4CCN(CCN5CCOCC5)CC4)cnc23)c2ccccc2n1. The summed E-state index contributed by atoms with van der Waals surface area (Å²) in [6.07, 6.45) is 26.6. The maximum absolute atomic E-state index is 5.60. The second kappa shape index (κ2) is 29.8. The van der Waals surface area contributed by atoms with Crippen LogP contribution in [0.3, 0.4) is 0 Å². The molecule has 3 aromatic carbocycles. The predicted octanol–water partition coefficient (Wildman–Crippen LogP) is 9.07. The summed E-state index contributed by atoms with van der Waals surface area (Å²) in [4.78, 5) is 51.0. The molecule has 25 nitrogen and oxygen atoms in total. The monoisotopic (exact) mass is 1400 g/mol. The Bertz CT molecular complexity index is 4880. The van der Waals surface area contributed by atoms with Crippen molar-refractivity contribution in [3.63, 3.8) is 0 Å². The second-order valence-corrected chi connectivity index (χ2v) is 28.9. The van der Waals surface area contributed by atoms with E-state index in [0.29, 0.717) is 12.1 Å². The molecular weight excluding hydrogens is 1310 g/mol. The van der Waals surface area contributed by atoms with Gasteiger partial charge >= 0.3 is 0 Å². The van der Waals surface area contributed by atoms with E-state index in [1.54, 1.807) is 7.11 Å². The Morgan fingerprint density at radius 3 is 1.43 bits per heavy atom. The molecule has 12 aromatic rings. The van der Waals surface area contributed by atoms with Crippen molar-refractivity contribution in [2.75, 3.05) is 187 Å². The summed E-state index contributed by atoms with van der Waals surface area (Å²) in [5.41, 5.74) is 17.1. The van der Waals surface area contributed by atoms with Crippen molar-refractivity contribution >= 4 is 66.7 Å². The van der Waals surface area contributed by atoms with Crippen LogP contribution >= 0.6 is 0 Å². The Morgan fingerprint density at radius 1 is 0.433 bits per heavy atom. The molecule has 7 aliphatic heterocycles. The highest BCUT2D eigenvalue weighted by Gasteiger charge is 2.31. The smallest absolute Gasteiger partial charge is 0.231 e. The number of fused-ring (bicyclic) bond motifs is 7. The summed E-state index contributed by atoms with van der Waals surface area (Å²) >= 11 is 0. The lowest BCUT2D eigenvalue weighted by Crippen LogP contribution is -2.52. The first kappa shape index (κ1) is 67.4. The Kier molecular flexibility index (Phi) is 19.3. The first-order valence-corrected chi connectivity index (χ1v) is 37.2. The number of morpholine rings is 1. The maximum atomic E-state index is 5.60. The Labute approximate surface area is 606 Å². The molecule has 104 heavy (non-hydrogen) atoms. The number of nitrogens with zero attached hydrogens (tertiary/aromatic N) is 21. The quantitative estimate of drug-likeness (QED) is 0.112. The van der Waals surface area contributed by atoms with Gasteiger partial charge in [-0.1, -0.05) is 18.2 Å². The Morgan fingerprint density at radius 2 is 0.904 bits per heavy atom. The van der Waals surface area contributed by atoms with Crippen molar-refractivity contribution in [2.45, 2.75) is 51.6 Å². The third kappa shape index (κ3) is 14.0. The van der Waals surface area contributed by atoms with Crippen LogP contribution in [0.5, 0.6) is 17.2 Å². The molecule has 16 heterocycles. The van der Waals surface area contributed by atoms with Crippen LogP contribution < -0.4 is 28.9 Å². The lowest BCUT2D eigenvalue weighted by Gasteiger charge is -2.42. The van der Waals surface area contributed by atoms with E-state index in [1.807, 2.05) is 107 Å². The molecule has 0 spiro atoms. The number of likely N-dealkylation sites (N-methyl/N-ethyl adjacent to an activating group) is 2. The van der Waals surface area contributed by atoms with Gasteiger partial charge in [-0.25, -0.2) is 28.5 Å². The van der Waals surface area contributed by atoms with Gasteiger partial charge in [0.1, 0.15) is 5.75 Å². The van der Waals surface area contributed by atoms with Crippen LogP contribution in [0.2, 0.25) is 0 Å². The summed E-state index contributed by atoms with van der Waals surface area (Å²) in [6.45, 7) is 28.4. The molecule has 0 amide bonds. The zero-order valence-electron chi connectivity index (χ0n) is 60.5. The van der Waals surface area contributed by atoms with Crippen LogP contribution in [0, 0.1) is 13.8 Å². The normalized spacial score (nSPS) is 18.8. The molecule has 19 rings (SSSR count). The van der Waals surface area contributed by atoms with E-state index in [4.69, 9.17) is 33.9 Å². The van der Waals surface area contributed by atoms with Crippen LogP contribution in [0.4, 0.5) is 17.1 Å². The van der Waals surface area contributed by atoms with Gasteiger partial charge in [-0.05, 0) is 118 Å². The first-order valence-electron chi connectivity index (χ1n) is 37.2. The number of anilines is 3. The molecule has 538 valence electrons. The van der Waals surface area contributed by atoms with Gasteiger partial charge in [0.25, 0.3) is 0 Å². The third-order valence-electron chi connectivity index (χ3n) is 22.6. The fourth-order valence-corrected chi connectivity index (χ4v) is 16.4. The molecule has 0 saturated carbocycles. The summed E-state index contributed by atoms with van der Waals surface area (Å²) in [5.74, 6) is 2.35. The molecule has 0 unspecified atom stereocenters. The zero-order chi connectivity index (χ0) is 70.2. The topological polar surface area (TPSA) is 195 Å². The average molecular weight is 1400 g/mol. The highest BCUT2D eigenvalue weighted by atomic mass is 16.7. The van der Waals surface area contributed by atoms with Crippen molar-refractivity contribution in [2.24, 2.45) is 0 Å². The molecular formula is C79H93N21O4. The standard InChI is InChI=1S/C27H33N7O.C26H29N7O2.C26H31N7O/c1-19-14-25-23(15-26(19)35-3)22(4-7-28-25)24-17-30-34-18-21(16-29-27(24)34)32-8-5-20(6-9-32)33-12-10-31(2)11-13-33;1-30-8-10-32(11-9-30)18-3-6-31(7-4-18)19-14-28-26-22(15-29-33(26)16-19)20-2-5-27-23-13-25-24(12-21(20)23)34-17-35-25;1-20-16-23(22-4-2-3-5-25(22)29-20)24-18-28-33-19-21(17-27-26(24)33)32-10-8-30(9-11-32)6-7-31-12-14-34-15-13-31/h4,7,14-18,20H,5-6,8-13H2,1-3H3;2,5,12-16,18H,3-4,6-11,17H2,1H3;2-5,16-19H,6-15H2,1H3.